The number of rotatable bonds is 6. The Hall–Kier alpha value is -1.76. The molecule has 0 aliphatic rings. The predicted molar refractivity (Wildman–Crippen MR) is 68.3 cm³/mol. The van der Waals surface area contributed by atoms with Crippen molar-refractivity contribution in [2.45, 2.75) is 19.0 Å². The predicted octanol–water partition coefficient (Wildman–Crippen LogP) is 1.93. The van der Waals surface area contributed by atoms with Crippen LogP contribution >= 0.6 is 0 Å². The van der Waals surface area contributed by atoms with Gasteiger partial charge < -0.3 is 15.7 Å². The summed E-state index contributed by atoms with van der Waals surface area (Å²) in [5.41, 5.74) is 0.0320. The lowest BCUT2D eigenvalue weighted by Crippen LogP contribution is -2.37. The normalized spacial score (nSPS) is 11.2. The first kappa shape index (κ1) is 16.3. The molecule has 0 atom stereocenters. The second kappa shape index (κ2) is 7.74. The molecule has 112 valence electrons. The van der Waals surface area contributed by atoms with Gasteiger partial charge in [0.15, 0.2) is 0 Å². The van der Waals surface area contributed by atoms with Crippen LogP contribution in [0.3, 0.4) is 0 Å². The van der Waals surface area contributed by atoms with Gasteiger partial charge in [-0.15, -0.1) is 0 Å². The number of benzene rings is 1. The summed E-state index contributed by atoms with van der Waals surface area (Å²) in [6, 6.07) is 4.49. The number of urea groups is 1. The van der Waals surface area contributed by atoms with Gasteiger partial charge in [0.25, 0.3) is 0 Å². The van der Waals surface area contributed by atoms with Crippen LogP contribution in [0.15, 0.2) is 24.3 Å². The van der Waals surface area contributed by atoms with E-state index < -0.39 is 11.7 Å². The fourth-order valence-corrected chi connectivity index (χ4v) is 1.52. The molecular weight excluding hydrogens is 273 g/mol. The number of aliphatic hydroxyl groups is 1. The molecule has 0 fully saturated rings. The first-order valence-electron chi connectivity index (χ1n) is 6.22. The second-order valence-corrected chi connectivity index (χ2v) is 4.20. The Morgan fingerprint density at radius 1 is 1.10 bits per heavy atom. The fraction of sp³-hybridized carbons (Fsp3) is 0.462. The van der Waals surface area contributed by atoms with Crippen LogP contribution in [0.4, 0.5) is 18.0 Å². The van der Waals surface area contributed by atoms with Crippen LogP contribution in [0.2, 0.25) is 0 Å². The maximum Gasteiger partial charge on any atom is 0.416 e. The van der Waals surface area contributed by atoms with Crippen LogP contribution in [0.1, 0.15) is 17.5 Å². The van der Waals surface area contributed by atoms with Crippen molar-refractivity contribution in [3.8, 4) is 0 Å². The number of halogens is 3. The molecule has 0 saturated carbocycles. The molecule has 2 amide bonds. The number of carbonyl (C=O) groups is 1. The number of amides is 2. The van der Waals surface area contributed by atoms with E-state index in [1.807, 2.05) is 0 Å². The van der Waals surface area contributed by atoms with Crippen molar-refractivity contribution in [2.75, 3.05) is 19.7 Å². The van der Waals surface area contributed by atoms with Gasteiger partial charge in [-0.05, 0) is 30.5 Å². The Morgan fingerprint density at radius 2 is 1.70 bits per heavy atom. The number of hydrogen-bond acceptors (Lipinski definition) is 2. The molecule has 1 aromatic rings. The van der Waals surface area contributed by atoms with Gasteiger partial charge >= 0.3 is 12.2 Å². The van der Waals surface area contributed by atoms with Gasteiger partial charge in [0.05, 0.1) is 5.56 Å². The van der Waals surface area contributed by atoms with E-state index in [2.05, 4.69) is 10.6 Å². The summed E-state index contributed by atoms with van der Waals surface area (Å²) >= 11 is 0. The fourth-order valence-electron chi connectivity index (χ4n) is 1.52. The summed E-state index contributed by atoms with van der Waals surface area (Å²) in [5, 5.41) is 13.7. The van der Waals surface area contributed by atoms with Gasteiger partial charge in [0, 0.05) is 19.7 Å². The number of hydrogen-bond donors (Lipinski definition) is 3. The first-order chi connectivity index (χ1) is 9.43. The zero-order valence-electron chi connectivity index (χ0n) is 10.8. The molecule has 4 nitrogen and oxygen atoms in total. The summed E-state index contributed by atoms with van der Waals surface area (Å²) in [6.07, 6.45) is -3.40. The maximum atomic E-state index is 12.3. The molecule has 0 bridgehead atoms. The van der Waals surface area contributed by atoms with Crippen LogP contribution in [-0.2, 0) is 12.6 Å². The molecule has 1 aromatic carbocycles. The third-order valence-corrected chi connectivity index (χ3v) is 2.60. The van der Waals surface area contributed by atoms with Crippen LogP contribution < -0.4 is 10.6 Å². The molecule has 0 saturated heterocycles. The average molecular weight is 290 g/mol. The molecule has 0 aromatic heterocycles. The Balaban J connectivity index is 2.30. The third kappa shape index (κ3) is 5.92. The monoisotopic (exact) mass is 290 g/mol. The van der Waals surface area contributed by atoms with E-state index in [1.54, 1.807) is 0 Å². The molecule has 1 rings (SSSR count). The number of carbonyl (C=O) groups excluding carboxylic acids is 1. The quantitative estimate of drug-likeness (QED) is 0.701. The van der Waals surface area contributed by atoms with E-state index in [1.165, 1.54) is 12.1 Å². The van der Waals surface area contributed by atoms with Crippen LogP contribution in [0.5, 0.6) is 0 Å². The molecule has 20 heavy (non-hydrogen) atoms. The zero-order chi connectivity index (χ0) is 15.0. The Bertz CT molecular complexity index is 419. The van der Waals surface area contributed by atoms with Crippen LogP contribution in [-0.4, -0.2) is 30.8 Å². The van der Waals surface area contributed by atoms with E-state index in [0.717, 1.165) is 12.1 Å². The molecule has 0 spiro atoms. The minimum absolute atomic E-state index is 0.00579. The molecule has 7 heteroatoms. The van der Waals surface area contributed by atoms with Crippen molar-refractivity contribution in [2.24, 2.45) is 0 Å². The molecule has 0 unspecified atom stereocenters. The summed E-state index contributed by atoms with van der Waals surface area (Å²) in [4.78, 5) is 11.2. The van der Waals surface area contributed by atoms with E-state index in [0.29, 0.717) is 31.5 Å². The third-order valence-electron chi connectivity index (χ3n) is 2.60. The van der Waals surface area contributed by atoms with Crippen molar-refractivity contribution in [3.63, 3.8) is 0 Å². The highest BCUT2D eigenvalue weighted by atomic mass is 19.4. The van der Waals surface area contributed by atoms with Crippen molar-refractivity contribution in [1.82, 2.24) is 10.6 Å². The van der Waals surface area contributed by atoms with Crippen LogP contribution in [0, 0.1) is 0 Å². The van der Waals surface area contributed by atoms with Crippen molar-refractivity contribution < 1.29 is 23.1 Å². The lowest BCUT2D eigenvalue weighted by atomic mass is 10.1. The van der Waals surface area contributed by atoms with Crippen molar-refractivity contribution >= 4 is 6.03 Å². The summed E-state index contributed by atoms with van der Waals surface area (Å²) in [7, 11) is 0. The number of aliphatic hydroxyl groups excluding tert-OH is 1. The van der Waals surface area contributed by atoms with Gasteiger partial charge in [-0.25, -0.2) is 4.79 Å². The van der Waals surface area contributed by atoms with Gasteiger partial charge in [-0.2, -0.15) is 13.2 Å². The lowest BCUT2D eigenvalue weighted by molar-refractivity contribution is -0.137. The highest BCUT2D eigenvalue weighted by Gasteiger charge is 2.29. The smallest absolute Gasteiger partial charge is 0.396 e. The van der Waals surface area contributed by atoms with Crippen LogP contribution in [0.25, 0.3) is 0 Å². The van der Waals surface area contributed by atoms with Gasteiger partial charge in [-0.1, -0.05) is 12.1 Å². The molecule has 0 radical (unpaired) electrons. The van der Waals surface area contributed by atoms with E-state index in [9.17, 15) is 18.0 Å². The van der Waals surface area contributed by atoms with Crippen molar-refractivity contribution in [1.29, 1.82) is 0 Å². The minimum Gasteiger partial charge on any atom is -0.396 e. The summed E-state index contributed by atoms with van der Waals surface area (Å²) in [6.45, 7) is 0.713. The van der Waals surface area contributed by atoms with Gasteiger partial charge in [0.1, 0.15) is 0 Å². The van der Waals surface area contributed by atoms with Crippen molar-refractivity contribution in [3.05, 3.63) is 35.4 Å². The zero-order valence-corrected chi connectivity index (χ0v) is 10.8. The van der Waals surface area contributed by atoms with Gasteiger partial charge in [0.2, 0.25) is 0 Å². The summed E-state index contributed by atoms with van der Waals surface area (Å²) in [5.74, 6) is 0. The number of nitrogens with one attached hydrogen (secondary N) is 2. The SMILES string of the molecule is O=C(NCCCO)NCCc1ccc(C(F)(F)F)cc1. The average Bonchev–Trinajstić information content (AvgIpc) is 2.38. The second-order valence-electron chi connectivity index (χ2n) is 4.20. The maximum absolute atomic E-state index is 12.3. The molecular formula is C13H17F3N2O2. The lowest BCUT2D eigenvalue weighted by Gasteiger charge is -2.09. The van der Waals surface area contributed by atoms with E-state index >= 15 is 0 Å². The standard InChI is InChI=1S/C13H17F3N2O2/c14-13(15,16)11-4-2-10(3-5-11)6-8-18-12(20)17-7-1-9-19/h2-5,19H,1,6-9H2,(H2,17,18,20). The van der Waals surface area contributed by atoms with Gasteiger partial charge in [-0.3, -0.25) is 0 Å². The Kier molecular flexibility index (Phi) is 6.30. The van der Waals surface area contributed by atoms with E-state index in [4.69, 9.17) is 5.11 Å². The first-order valence-corrected chi connectivity index (χ1v) is 6.22. The highest BCUT2D eigenvalue weighted by Crippen LogP contribution is 2.29. The number of alkyl halides is 3. The largest absolute Gasteiger partial charge is 0.416 e. The highest BCUT2D eigenvalue weighted by molar-refractivity contribution is 5.73. The molecule has 0 aliphatic carbocycles. The topological polar surface area (TPSA) is 61.4 Å². The Morgan fingerprint density at radius 3 is 2.25 bits per heavy atom. The molecule has 3 N–H and O–H groups in total. The molecule has 0 heterocycles. The van der Waals surface area contributed by atoms with E-state index in [-0.39, 0.29) is 12.6 Å². The minimum atomic E-state index is -4.33. The Labute approximate surface area is 115 Å². The molecule has 0 aliphatic heterocycles. The summed E-state index contributed by atoms with van der Waals surface area (Å²) < 4.78 is 37.0.